The van der Waals surface area contributed by atoms with E-state index in [1.165, 1.54) is 12.2 Å². The van der Waals surface area contributed by atoms with Crippen LogP contribution in [0.3, 0.4) is 0 Å². The second kappa shape index (κ2) is 6.45. The summed E-state index contributed by atoms with van der Waals surface area (Å²) in [5, 5.41) is 21.1. The third kappa shape index (κ3) is 2.56. The van der Waals surface area contributed by atoms with Gasteiger partial charge in [-0.3, -0.25) is 4.79 Å². The molecule has 2 heterocycles. The number of anilines is 2. The summed E-state index contributed by atoms with van der Waals surface area (Å²) in [6, 6.07) is 14.9. The smallest absolute Gasteiger partial charge is 0.232 e. The Morgan fingerprint density at radius 1 is 0.733 bits per heavy atom. The SMILES string of the molecule is CN1/C(=C\C2=C(O)C(/C=C3/Oc4ccccc4N3C)=C(O)C2=O)Oc2ccccc21. The zero-order valence-electron chi connectivity index (χ0n) is 16.3. The average Bonchev–Trinajstić information content (AvgIpc) is 3.31. The predicted molar refractivity (Wildman–Crippen MR) is 111 cm³/mol. The summed E-state index contributed by atoms with van der Waals surface area (Å²) in [6.45, 7) is 0. The molecule has 0 saturated heterocycles. The topological polar surface area (TPSA) is 82.5 Å². The molecule has 150 valence electrons. The van der Waals surface area contributed by atoms with Gasteiger partial charge in [0, 0.05) is 26.2 Å². The minimum Gasteiger partial charge on any atom is -0.506 e. The van der Waals surface area contributed by atoms with E-state index in [1.54, 1.807) is 23.9 Å². The van der Waals surface area contributed by atoms with Crippen molar-refractivity contribution in [2.45, 2.75) is 0 Å². The first-order valence-electron chi connectivity index (χ1n) is 9.32. The molecule has 0 spiro atoms. The molecule has 0 unspecified atom stereocenters. The molecule has 5 rings (SSSR count). The summed E-state index contributed by atoms with van der Waals surface area (Å²) in [7, 11) is 3.59. The van der Waals surface area contributed by atoms with Crippen molar-refractivity contribution < 1.29 is 24.5 Å². The van der Waals surface area contributed by atoms with Gasteiger partial charge < -0.3 is 29.5 Å². The minimum absolute atomic E-state index is 0.000305. The Labute approximate surface area is 172 Å². The van der Waals surface area contributed by atoms with E-state index in [0.29, 0.717) is 23.3 Å². The molecule has 1 aliphatic carbocycles. The average molecular weight is 402 g/mol. The van der Waals surface area contributed by atoms with Crippen LogP contribution in [0.5, 0.6) is 11.5 Å². The van der Waals surface area contributed by atoms with Crippen LogP contribution in [-0.2, 0) is 4.79 Å². The molecular formula is C23H18N2O5. The molecule has 2 aliphatic heterocycles. The number of Topliss-reactive ketones (excluding diaryl/α,β-unsaturated/α-hetero) is 1. The van der Waals surface area contributed by atoms with Crippen molar-refractivity contribution >= 4 is 17.2 Å². The lowest BCUT2D eigenvalue weighted by Gasteiger charge is -2.11. The fourth-order valence-electron chi connectivity index (χ4n) is 3.63. The highest BCUT2D eigenvalue weighted by Gasteiger charge is 2.34. The number of benzene rings is 2. The molecule has 0 radical (unpaired) electrons. The Morgan fingerprint density at radius 3 is 1.70 bits per heavy atom. The van der Waals surface area contributed by atoms with Crippen molar-refractivity contribution in [2.75, 3.05) is 23.9 Å². The van der Waals surface area contributed by atoms with Gasteiger partial charge in [-0.15, -0.1) is 0 Å². The number of fused-ring (bicyclic) bond motifs is 2. The third-order valence-electron chi connectivity index (χ3n) is 5.30. The van der Waals surface area contributed by atoms with Gasteiger partial charge in [0.2, 0.25) is 17.5 Å². The van der Waals surface area contributed by atoms with E-state index >= 15 is 0 Å². The van der Waals surface area contributed by atoms with E-state index in [4.69, 9.17) is 9.47 Å². The van der Waals surface area contributed by atoms with Crippen LogP contribution in [0.25, 0.3) is 0 Å². The summed E-state index contributed by atoms with van der Waals surface area (Å²) in [5.41, 5.74) is 1.64. The highest BCUT2D eigenvalue weighted by atomic mass is 16.5. The Balaban J connectivity index is 1.49. The van der Waals surface area contributed by atoms with Gasteiger partial charge in [-0.05, 0) is 24.3 Å². The number of nitrogens with zero attached hydrogens (tertiary/aromatic N) is 2. The lowest BCUT2D eigenvalue weighted by atomic mass is 10.2. The van der Waals surface area contributed by atoms with E-state index < -0.39 is 11.5 Å². The van der Waals surface area contributed by atoms with Crippen molar-refractivity contribution in [2.24, 2.45) is 0 Å². The van der Waals surface area contributed by atoms with E-state index in [1.807, 2.05) is 48.5 Å². The molecule has 3 aliphatic rings. The molecule has 7 heteroatoms. The monoisotopic (exact) mass is 402 g/mol. The van der Waals surface area contributed by atoms with Crippen LogP contribution in [0, 0.1) is 0 Å². The number of allylic oxidation sites excluding steroid dienone is 3. The Hall–Kier alpha value is -4.13. The predicted octanol–water partition coefficient (Wildman–Crippen LogP) is 3.93. The van der Waals surface area contributed by atoms with Crippen LogP contribution in [0.4, 0.5) is 11.4 Å². The number of carbonyl (C=O) groups is 1. The molecule has 0 bridgehead atoms. The second-order valence-electron chi connectivity index (χ2n) is 7.08. The number of para-hydroxylation sites is 4. The van der Waals surface area contributed by atoms with Crippen molar-refractivity contribution in [3.63, 3.8) is 0 Å². The molecule has 2 aromatic carbocycles. The van der Waals surface area contributed by atoms with Gasteiger partial charge in [-0.1, -0.05) is 24.3 Å². The van der Waals surface area contributed by atoms with E-state index in [9.17, 15) is 15.0 Å². The molecular weight excluding hydrogens is 384 g/mol. The van der Waals surface area contributed by atoms with Gasteiger partial charge in [-0.2, -0.15) is 0 Å². The highest BCUT2D eigenvalue weighted by Crippen LogP contribution is 2.41. The number of aliphatic hydroxyl groups is 2. The normalized spacial score (nSPS) is 20.3. The van der Waals surface area contributed by atoms with Gasteiger partial charge >= 0.3 is 0 Å². The summed E-state index contributed by atoms with van der Waals surface area (Å²) < 4.78 is 11.6. The summed E-state index contributed by atoms with van der Waals surface area (Å²) in [6.07, 6.45) is 2.87. The zero-order valence-corrected chi connectivity index (χ0v) is 16.3. The van der Waals surface area contributed by atoms with Crippen LogP contribution >= 0.6 is 0 Å². The van der Waals surface area contributed by atoms with Crippen LogP contribution in [-0.4, -0.2) is 30.1 Å². The van der Waals surface area contributed by atoms with Crippen molar-refractivity contribution in [1.82, 2.24) is 0 Å². The Kier molecular flexibility index (Phi) is 3.86. The molecule has 0 atom stereocenters. The lowest BCUT2D eigenvalue weighted by molar-refractivity contribution is -0.114. The van der Waals surface area contributed by atoms with Crippen molar-refractivity contribution in [3.8, 4) is 11.5 Å². The number of hydrogen-bond acceptors (Lipinski definition) is 7. The fourth-order valence-corrected chi connectivity index (χ4v) is 3.63. The van der Waals surface area contributed by atoms with E-state index in [0.717, 1.165) is 11.4 Å². The molecule has 7 nitrogen and oxygen atoms in total. The van der Waals surface area contributed by atoms with Gasteiger partial charge in [0.25, 0.3) is 0 Å². The first kappa shape index (κ1) is 17.9. The first-order chi connectivity index (χ1) is 14.5. The third-order valence-corrected chi connectivity index (χ3v) is 5.30. The number of ketones is 1. The molecule has 2 aromatic rings. The highest BCUT2D eigenvalue weighted by molar-refractivity contribution is 6.13. The number of ether oxygens (including phenoxy) is 2. The molecule has 0 fully saturated rings. The van der Waals surface area contributed by atoms with Crippen molar-refractivity contribution in [3.05, 3.63) is 95.1 Å². The Bertz CT molecular complexity index is 1220. The largest absolute Gasteiger partial charge is 0.506 e. The van der Waals surface area contributed by atoms with Gasteiger partial charge in [-0.25, -0.2) is 0 Å². The number of rotatable bonds is 2. The lowest BCUT2D eigenvalue weighted by Crippen LogP contribution is -2.14. The van der Waals surface area contributed by atoms with Gasteiger partial charge in [0.15, 0.2) is 17.3 Å². The summed E-state index contributed by atoms with van der Waals surface area (Å²) >= 11 is 0. The van der Waals surface area contributed by atoms with Gasteiger partial charge in [0.1, 0.15) is 5.76 Å². The maximum absolute atomic E-state index is 12.6. The van der Waals surface area contributed by atoms with Crippen LogP contribution in [0.2, 0.25) is 0 Å². The van der Waals surface area contributed by atoms with Gasteiger partial charge in [0.05, 0.1) is 22.5 Å². The zero-order chi connectivity index (χ0) is 21.0. The van der Waals surface area contributed by atoms with Crippen LogP contribution in [0.1, 0.15) is 0 Å². The van der Waals surface area contributed by atoms with Crippen molar-refractivity contribution in [1.29, 1.82) is 0 Å². The number of hydrogen-bond donors (Lipinski definition) is 2. The second-order valence-corrected chi connectivity index (χ2v) is 7.08. The van der Waals surface area contributed by atoms with E-state index in [-0.39, 0.29) is 16.9 Å². The maximum Gasteiger partial charge on any atom is 0.232 e. The molecule has 30 heavy (non-hydrogen) atoms. The number of aliphatic hydroxyl groups excluding tert-OH is 2. The fraction of sp³-hybridized carbons (Fsp3) is 0.0870. The first-order valence-corrected chi connectivity index (χ1v) is 9.32. The summed E-state index contributed by atoms with van der Waals surface area (Å²) in [5.74, 6) is 0.492. The molecule has 0 amide bonds. The van der Waals surface area contributed by atoms with E-state index in [2.05, 4.69) is 0 Å². The standard InChI is InChI=1S/C23H18N2O5/c1-24-15-7-3-5-9-17(15)29-19(24)11-13-21(26)14(23(28)22(13)27)12-20-25(2)16-8-4-6-10-18(16)30-20/h3-12,26H,1-2H3,(H,27,28)/b19-11+,20-12+. The quantitative estimate of drug-likeness (QED) is 0.787. The minimum atomic E-state index is -0.682. The molecule has 0 saturated carbocycles. The maximum atomic E-state index is 12.6. The van der Waals surface area contributed by atoms with Crippen LogP contribution < -0.4 is 19.3 Å². The van der Waals surface area contributed by atoms with Crippen LogP contribution in [0.15, 0.2) is 95.1 Å². The Morgan fingerprint density at radius 2 is 1.20 bits per heavy atom. The summed E-state index contributed by atoms with van der Waals surface area (Å²) in [4.78, 5) is 16.2. The molecule has 0 aromatic heterocycles. The number of carbonyl (C=O) groups excluding carboxylic acids is 1. The molecule has 2 N–H and O–H groups in total.